The zero-order chi connectivity index (χ0) is 13.1. The van der Waals surface area contributed by atoms with Gasteiger partial charge < -0.3 is 9.88 Å². The number of nitrogens with one attached hydrogen (secondary N) is 1. The van der Waals surface area contributed by atoms with Crippen LogP contribution in [0.25, 0.3) is 5.69 Å². The maximum Gasteiger partial charge on any atom is 0.0992 e. The van der Waals surface area contributed by atoms with Gasteiger partial charge in [-0.1, -0.05) is 12.1 Å². The summed E-state index contributed by atoms with van der Waals surface area (Å²) in [6.07, 6.45) is 5.56. The standard InChI is InChI=1S/C15H15N3S/c1-12(13-6-9-19-10-13)17-14-4-2-3-5-15(14)18-8-7-16-11-18/h2-12,17H,1H3. The molecule has 3 rings (SSSR count). The van der Waals surface area contributed by atoms with Gasteiger partial charge in [0.15, 0.2) is 0 Å². The van der Waals surface area contributed by atoms with Crippen molar-refractivity contribution in [2.75, 3.05) is 5.32 Å². The first-order valence-corrected chi connectivity index (χ1v) is 7.15. The van der Waals surface area contributed by atoms with E-state index in [1.807, 2.05) is 29.2 Å². The topological polar surface area (TPSA) is 29.9 Å². The normalized spacial score (nSPS) is 12.3. The molecule has 0 aliphatic rings. The molecule has 0 fully saturated rings. The number of nitrogens with zero attached hydrogens (tertiary/aromatic N) is 2. The molecule has 0 radical (unpaired) electrons. The Morgan fingerprint density at radius 3 is 2.89 bits per heavy atom. The van der Waals surface area contributed by atoms with Gasteiger partial charge in [-0.3, -0.25) is 0 Å². The minimum atomic E-state index is 0.288. The predicted molar refractivity (Wildman–Crippen MR) is 79.9 cm³/mol. The second-order valence-corrected chi connectivity index (χ2v) is 5.19. The van der Waals surface area contributed by atoms with Crippen molar-refractivity contribution in [3.8, 4) is 5.69 Å². The van der Waals surface area contributed by atoms with Crippen LogP contribution >= 0.6 is 11.3 Å². The van der Waals surface area contributed by atoms with Gasteiger partial charge in [-0.15, -0.1) is 0 Å². The summed E-state index contributed by atoms with van der Waals surface area (Å²) in [6.45, 7) is 2.17. The molecule has 1 aromatic carbocycles. The lowest BCUT2D eigenvalue weighted by Gasteiger charge is -2.17. The first-order chi connectivity index (χ1) is 9.34. The molecule has 2 aromatic heterocycles. The van der Waals surface area contributed by atoms with Crippen molar-refractivity contribution in [3.05, 3.63) is 65.4 Å². The fourth-order valence-corrected chi connectivity index (χ4v) is 2.81. The molecule has 3 nitrogen and oxygen atoms in total. The number of rotatable bonds is 4. The van der Waals surface area contributed by atoms with E-state index in [4.69, 9.17) is 0 Å². The van der Waals surface area contributed by atoms with E-state index in [-0.39, 0.29) is 6.04 Å². The molecule has 0 spiro atoms. The van der Waals surface area contributed by atoms with Crippen molar-refractivity contribution in [1.82, 2.24) is 9.55 Å². The van der Waals surface area contributed by atoms with E-state index in [0.717, 1.165) is 11.4 Å². The van der Waals surface area contributed by atoms with Gasteiger partial charge >= 0.3 is 0 Å². The second kappa shape index (κ2) is 5.28. The Bertz CT molecular complexity index is 629. The first kappa shape index (κ1) is 12.0. The molecule has 0 amide bonds. The number of para-hydroxylation sites is 2. The molecule has 1 N–H and O–H groups in total. The summed E-state index contributed by atoms with van der Waals surface area (Å²) in [5, 5.41) is 7.84. The highest BCUT2D eigenvalue weighted by atomic mass is 32.1. The third-order valence-electron chi connectivity index (χ3n) is 3.10. The Morgan fingerprint density at radius 1 is 1.26 bits per heavy atom. The van der Waals surface area contributed by atoms with E-state index >= 15 is 0 Å². The van der Waals surface area contributed by atoms with Gasteiger partial charge in [-0.2, -0.15) is 11.3 Å². The van der Waals surface area contributed by atoms with Crippen LogP contribution in [-0.4, -0.2) is 9.55 Å². The van der Waals surface area contributed by atoms with Crippen LogP contribution in [-0.2, 0) is 0 Å². The van der Waals surface area contributed by atoms with E-state index < -0.39 is 0 Å². The monoisotopic (exact) mass is 269 g/mol. The lowest BCUT2D eigenvalue weighted by Crippen LogP contribution is -2.08. The maximum absolute atomic E-state index is 4.11. The van der Waals surface area contributed by atoms with Gasteiger partial charge in [-0.25, -0.2) is 4.98 Å². The van der Waals surface area contributed by atoms with Crippen LogP contribution in [0.2, 0.25) is 0 Å². The van der Waals surface area contributed by atoms with Gasteiger partial charge in [0.1, 0.15) is 0 Å². The molecule has 19 heavy (non-hydrogen) atoms. The van der Waals surface area contributed by atoms with Gasteiger partial charge in [0, 0.05) is 18.4 Å². The van der Waals surface area contributed by atoms with E-state index in [2.05, 4.69) is 46.2 Å². The van der Waals surface area contributed by atoms with Crippen LogP contribution in [0.3, 0.4) is 0 Å². The molecular formula is C15H15N3S. The van der Waals surface area contributed by atoms with Crippen LogP contribution in [0.15, 0.2) is 59.8 Å². The number of anilines is 1. The van der Waals surface area contributed by atoms with E-state index in [0.29, 0.717) is 0 Å². The number of hydrogen-bond acceptors (Lipinski definition) is 3. The summed E-state index contributed by atoms with van der Waals surface area (Å²) in [6, 6.07) is 10.7. The molecule has 0 aliphatic heterocycles. The largest absolute Gasteiger partial charge is 0.377 e. The second-order valence-electron chi connectivity index (χ2n) is 4.41. The third-order valence-corrected chi connectivity index (χ3v) is 3.80. The van der Waals surface area contributed by atoms with Crippen molar-refractivity contribution >= 4 is 17.0 Å². The summed E-state index contributed by atoms with van der Waals surface area (Å²) in [5.74, 6) is 0. The highest BCUT2D eigenvalue weighted by molar-refractivity contribution is 7.07. The smallest absolute Gasteiger partial charge is 0.0992 e. The predicted octanol–water partition coefficient (Wildman–Crippen LogP) is 4.11. The Kier molecular flexibility index (Phi) is 3.33. The first-order valence-electron chi connectivity index (χ1n) is 6.20. The lowest BCUT2D eigenvalue weighted by molar-refractivity contribution is 0.885. The average molecular weight is 269 g/mol. The summed E-state index contributed by atoms with van der Waals surface area (Å²) >= 11 is 1.73. The van der Waals surface area contributed by atoms with Gasteiger partial charge in [0.2, 0.25) is 0 Å². The SMILES string of the molecule is CC(Nc1ccccc1-n1ccnc1)c1ccsc1. The molecule has 0 bridgehead atoms. The molecule has 1 atom stereocenters. The van der Waals surface area contributed by atoms with Gasteiger partial charge in [0.05, 0.1) is 17.7 Å². The quantitative estimate of drug-likeness (QED) is 0.772. The number of benzene rings is 1. The van der Waals surface area contributed by atoms with Crippen molar-refractivity contribution in [2.45, 2.75) is 13.0 Å². The van der Waals surface area contributed by atoms with Crippen LogP contribution in [0.4, 0.5) is 5.69 Å². The third kappa shape index (κ3) is 2.53. The molecule has 0 saturated heterocycles. The van der Waals surface area contributed by atoms with E-state index in [1.165, 1.54) is 5.56 Å². The number of aromatic nitrogens is 2. The average Bonchev–Trinajstić information content (AvgIpc) is 3.13. The Labute approximate surface area is 116 Å². The van der Waals surface area contributed by atoms with Crippen LogP contribution in [0, 0.1) is 0 Å². The highest BCUT2D eigenvalue weighted by Gasteiger charge is 2.09. The maximum atomic E-state index is 4.11. The Hall–Kier alpha value is -2.07. The Balaban J connectivity index is 1.89. The number of hydrogen-bond donors (Lipinski definition) is 1. The highest BCUT2D eigenvalue weighted by Crippen LogP contribution is 2.25. The lowest BCUT2D eigenvalue weighted by atomic mass is 10.1. The molecule has 0 aliphatic carbocycles. The molecule has 2 heterocycles. The van der Waals surface area contributed by atoms with Crippen molar-refractivity contribution in [2.24, 2.45) is 0 Å². The van der Waals surface area contributed by atoms with Crippen molar-refractivity contribution in [3.63, 3.8) is 0 Å². The van der Waals surface area contributed by atoms with Crippen molar-refractivity contribution in [1.29, 1.82) is 0 Å². The molecule has 3 aromatic rings. The van der Waals surface area contributed by atoms with Crippen LogP contribution in [0.1, 0.15) is 18.5 Å². The minimum Gasteiger partial charge on any atom is -0.377 e. The minimum absolute atomic E-state index is 0.288. The van der Waals surface area contributed by atoms with Gasteiger partial charge in [-0.05, 0) is 41.4 Å². The van der Waals surface area contributed by atoms with Crippen LogP contribution < -0.4 is 5.32 Å². The van der Waals surface area contributed by atoms with Crippen molar-refractivity contribution < 1.29 is 0 Å². The summed E-state index contributed by atoms with van der Waals surface area (Å²) in [4.78, 5) is 4.11. The summed E-state index contributed by atoms with van der Waals surface area (Å²) in [5.41, 5.74) is 3.53. The summed E-state index contributed by atoms with van der Waals surface area (Å²) < 4.78 is 2.02. The zero-order valence-electron chi connectivity index (χ0n) is 10.7. The summed E-state index contributed by atoms with van der Waals surface area (Å²) in [7, 11) is 0. The molecule has 1 unspecified atom stereocenters. The van der Waals surface area contributed by atoms with E-state index in [1.54, 1.807) is 17.5 Å². The Morgan fingerprint density at radius 2 is 2.16 bits per heavy atom. The number of thiophene rings is 1. The zero-order valence-corrected chi connectivity index (χ0v) is 11.5. The molecule has 96 valence electrons. The fraction of sp³-hybridized carbons (Fsp3) is 0.133. The molecule has 4 heteroatoms. The van der Waals surface area contributed by atoms with E-state index in [9.17, 15) is 0 Å². The van der Waals surface area contributed by atoms with Gasteiger partial charge in [0.25, 0.3) is 0 Å². The van der Waals surface area contributed by atoms with Crippen LogP contribution in [0.5, 0.6) is 0 Å². The molecule has 0 saturated carbocycles. The molecular weight excluding hydrogens is 254 g/mol. The number of imidazole rings is 1. The fourth-order valence-electron chi connectivity index (χ4n) is 2.06.